The van der Waals surface area contributed by atoms with Crippen LogP contribution in [0.4, 0.5) is 9.18 Å². The maximum absolute atomic E-state index is 12.2. The zero-order valence-corrected chi connectivity index (χ0v) is 8.89. The van der Waals surface area contributed by atoms with Crippen molar-refractivity contribution in [3.8, 4) is 0 Å². The van der Waals surface area contributed by atoms with Gasteiger partial charge in [-0.2, -0.15) is 0 Å². The van der Waals surface area contributed by atoms with E-state index < -0.39 is 30.2 Å². The molecule has 0 saturated heterocycles. The van der Waals surface area contributed by atoms with Crippen LogP contribution in [0.3, 0.4) is 0 Å². The molecule has 0 aliphatic heterocycles. The number of ketones is 1. The first-order valence-corrected chi connectivity index (χ1v) is 4.32. The van der Waals surface area contributed by atoms with Crippen molar-refractivity contribution in [3.63, 3.8) is 0 Å². The monoisotopic (exact) mass is 205 g/mol. The number of hydrogen-bond donors (Lipinski definition) is 1. The molecule has 0 radical (unpaired) electrons. The summed E-state index contributed by atoms with van der Waals surface area (Å²) in [7, 11) is 0. The Balaban J connectivity index is 4.11. The summed E-state index contributed by atoms with van der Waals surface area (Å²) in [6.07, 6.45) is -0.782. The number of halogens is 1. The van der Waals surface area contributed by atoms with Crippen LogP contribution in [0.2, 0.25) is 0 Å². The van der Waals surface area contributed by atoms with Gasteiger partial charge < -0.3 is 10.1 Å². The van der Waals surface area contributed by atoms with E-state index in [0.717, 1.165) is 0 Å². The van der Waals surface area contributed by atoms with E-state index in [2.05, 4.69) is 5.32 Å². The molecule has 4 nitrogen and oxygen atoms in total. The second-order valence-corrected chi connectivity index (χ2v) is 3.96. The van der Waals surface area contributed by atoms with Crippen LogP contribution >= 0.6 is 0 Å². The van der Waals surface area contributed by atoms with Gasteiger partial charge in [-0.3, -0.25) is 4.79 Å². The fourth-order valence-electron chi connectivity index (χ4n) is 0.699. The van der Waals surface area contributed by atoms with Crippen molar-refractivity contribution in [2.75, 3.05) is 6.67 Å². The number of amides is 1. The van der Waals surface area contributed by atoms with Gasteiger partial charge in [0.1, 0.15) is 18.3 Å². The molecule has 82 valence electrons. The Morgan fingerprint density at radius 3 is 2.21 bits per heavy atom. The molecule has 1 amide bonds. The van der Waals surface area contributed by atoms with Crippen molar-refractivity contribution >= 4 is 11.9 Å². The summed E-state index contributed by atoms with van der Waals surface area (Å²) in [5.74, 6) is -0.432. The van der Waals surface area contributed by atoms with Crippen molar-refractivity contribution in [1.82, 2.24) is 5.32 Å². The van der Waals surface area contributed by atoms with E-state index in [1.807, 2.05) is 0 Å². The number of alkyl halides is 1. The van der Waals surface area contributed by atoms with Gasteiger partial charge in [0.05, 0.1) is 0 Å². The largest absolute Gasteiger partial charge is 0.444 e. The molecule has 0 heterocycles. The van der Waals surface area contributed by atoms with Crippen molar-refractivity contribution in [3.05, 3.63) is 0 Å². The fourth-order valence-corrected chi connectivity index (χ4v) is 0.699. The number of alkyl carbamates (subject to hydrolysis) is 1. The predicted octanol–water partition coefficient (Wildman–Crippen LogP) is 1.44. The maximum Gasteiger partial charge on any atom is 0.408 e. The number of carbonyl (C=O) groups excluding carboxylic acids is 2. The second-order valence-electron chi connectivity index (χ2n) is 3.96. The number of carbonyl (C=O) groups is 2. The summed E-state index contributed by atoms with van der Waals surface area (Å²) in [5, 5.41) is 2.14. The van der Waals surface area contributed by atoms with Crippen LogP contribution in [0, 0.1) is 0 Å². The molecule has 0 aromatic carbocycles. The second kappa shape index (κ2) is 4.93. The first-order chi connectivity index (χ1) is 6.26. The highest BCUT2D eigenvalue weighted by atomic mass is 19.1. The van der Waals surface area contributed by atoms with Crippen LogP contribution in [0.1, 0.15) is 27.7 Å². The highest BCUT2D eigenvalue weighted by Gasteiger charge is 2.21. The summed E-state index contributed by atoms with van der Waals surface area (Å²) >= 11 is 0. The molecular formula is C9H16FNO3. The Morgan fingerprint density at radius 1 is 1.43 bits per heavy atom. The minimum atomic E-state index is -1.11. The molecule has 1 unspecified atom stereocenters. The zero-order valence-electron chi connectivity index (χ0n) is 8.89. The molecule has 0 aromatic rings. The zero-order chi connectivity index (χ0) is 11.4. The van der Waals surface area contributed by atoms with Crippen molar-refractivity contribution in [2.24, 2.45) is 0 Å². The average Bonchev–Trinajstić information content (AvgIpc) is 1.96. The number of hydrogen-bond acceptors (Lipinski definition) is 3. The Labute approximate surface area is 82.8 Å². The summed E-state index contributed by atoms with van der Waals surface area (Å²) in [6.45, 7) is 5.34. The SMILES string of the molecule is CC(=O)C(CF)NC(=O)OC(C)(C)C. The highest BCUT2D eigenvalue weighted by molar-refractivity contribution is 5.85. The van der Waals surface area contributed by atoms with E-state index in [4.69, 9.17) is 4.74 Å². The lowest BCUT2D eigenvalue weighted by atomic mass is 10.2. The Kier molecular flexibility index (Phi) is 4.53. The average molecular weight is 205 g/mol. The first-order valence-electron chi connectivity index (χ1n) is 4.32. The molecule has 0 aromatic heterocycles. The predicted molar refractivity (Wildman–Crippen MR) is 49.8 cm³/mol. The topological polar surface area (TPSA) is 55.4 Å². The van der Waals surface area contributed by atoms with Gasteiger partial charge in [-0.05, 0) is 27.7 Å². The molecule has 0 fully saturated rings. The van der Waals surface area contributed by atoms with Crippen LogP contribution in [0.15, 0.2) is 0 Å². The number of Topliss-reactive ketones (excluding diaryl/α,β-unsaturated/α-hetero) is 1. The van der Waals surface area contributed by atoms with Gasteiger partial charge in [0.2, 0.25) is 0 Å². The van der Waals surface area contributed by atoms with Gasteiger partial charge in [-0.25, -0.2) is 9.18 Å². The summed E-state index contributed by atoms with van der Waals surface area (Å²) in [4.78, 5) is 21.8. The van der Waals surface area contributed by atoms with E-state index in [-0.39, 0.29) is 0 Å². The van der Waals surface area contributed by atoms with Crippen molar-refractivity contribution in [2.45, 2.75) is 39.3 Å². The number of ether oxygens (including phenoxy) is 1. The third-order valence-electron chi connectivity index (χ3n) is 1.34. The lowest BCUT2D eigenvalue weighted by Crippen LogP contribution is -2.43. The minimum Gasteiger partial charge on any atom is -0.444 e. The highest BCUT2D eigenvalue weighted by Crippen LogP contribution is 2.06. The van der Waals surface area contributed by atoms with E-state index in [0.29, 0.717) is 0 Å². The lowest BCUT2D eigenvalue weighted by Gasteiger charge is -2.21. The Hall–Kier alpha value is -1.13. The molecule has 0 saturated carbocycles. The quantitative estimate of drug-likeness (QED) is 0.758. The van der Waals surface area contributed by atoms with Gasteiger partial charge in [0, 0.05) is 0 Å². The molecule has 0 bridgehead atoms. The molecule has 14 heavy (non-hydrogen) atoms. The molecule has 1 N–H and O–H groups in total. The molecule has 0 spiro atoms. The Morgan fingerprint density at radius 2 is 1.93 bits per heavy atom. The van der Waals surface area contributed by atoms with Crippen molar-refractivity contribution < 1.29 is 18.7 Å². The summed E-state index contributed by atoms with van der Waals surface area (Å²) < 4.78 is 17.1. The molecule has 1 atom stereocenters. The van der Waals surface area contributed by atoms with Gasteiger partial charge in [-0.15, -0.1) is 0 Å². The molecule has 5 heteroatoms. The van der Waals surface area contributed by atoms with Gasteiger partial charge in [0.15, 0.2) is 5.78 Å². The third kappa shape index (κ3) is 5.50. The minimum absolute atomic E-state index is 0.432. The lowest BCUT2D eigenvalue weighted by molar-refractivity contribution is -0.119. The van der Waals surface area contributed by atoms with Crippen LogP contribution in [-0.2, 0) is 9.53 Å². The summed E-state index contributed by atoms with van der Waals surface area (Å²) in [5.41, 5.74) is -0.651. The number of nitrogens with one attached hydrogen (secondary N) is 1. The first kappa shape index (κ1) is 12.9. The molecule has 0 aliphatic carbocycles. The maximum atomic E-state index is 12.2. The van der Waals surface area contributed by atoms with Gasteiger partial charge >= 0.3 is 6.09 Å². The fraction of sp³-hybridized carbons (Fsp3) is 0.778. The van der Waals surface area contributed by atoms with Crippen molar-refractivity contribution in [1.29, 1.82) is 0 Å². The van der Waals surface area contributed by atoms with Gasteiger partial charge in [-0.1, -0.05) is 0 Å². The van der Waals surface area contributed by atoms with Crippen LogP contribution in [-0.4, -0.2) is 30.2 Å². The van der Waals surface area contributed by atoms with Gasteiger partial charge in [0.25, 0.3) is 0 Å². The molecule has 0 rings (SSSR count). The number of rotatable bonds is 3. The summed E-state index contributed by atoms with van der Waals surface area (Å²) in [6, 6.07) is -1.11. The van der Waals surface area contributed by atoms with E-state index in [9.17, 15) is 14.0 Å². The van der Waals surface area contributed by atoms with Crippen LogP contribution in [0.5, 0.6) is 0 Å². The smallest absolute Gasteiger partial charge is 0.408 e. The van der Waals surface area contributed by atoms with E-state index >= 15 is 0 Å². The third-order valence-corrected chi connectivity index (χ3v) is 1.34. The van der Waals surface area contributed by atoms with Crippen LogP contribution in [0.25, 0.3) is 0 Å². The molecule has 0 aliphatic rings. The standard InChI is InChI=1S/C9H16FNO3/c1-6(12)7(5-10)11-8(13)14-9(2,3)4/h7H,5H2,1-4H3,(H,11,13). The molecular weight excluding hydrogens is 189 g/mol. The van der Waals surface area contributed by atoms with E-state index in [1.165, 1.54) is 6.92 Å². The van der Waals surface area contributed by atoms with Crippen LogP contribution < -0.4 is 5.32 Å². The Bertz CT molecular complexity index is 223. The normalized spacial score (nSPS) is 13.2. The van der Waals surface area contributed by atoms with E-state index in [1.54, 1.807) is 20.8 Å².